The van der Waals surface area contributed by atoms with Crippen LogP contribution in [0.3, 0.4) is 0 Å². The van der Waals surface area contributed by atoms with Crippen LogP contribution in [-0.2, 0) is 5.41 Å². The van der Waals surface area contributed by atoms with Gasteiger partial charge in [-0.05, 0) is 37.0 Å². The van der Waals surface area contributed by atoms with Crippen molar-refractivity contribution < 1.29 is 4.79 Å². The predicted molar refractivity (Wildman–Crippen MR) is 98.7 cm³/mol. The van der Waals surface area contributed by atoms with Crippen LogP contribution >= 0.6 is 0 Å². The van der Waals surface area contributed by atoms with Crippen molar-refractivity contribution in [3.63, 3.8) is 0 Å². The Hall–Kier alpha value is -2.43. The molecule has 24 heavy (non-hydrogen) atoms. The smallest absolute Gasteiger partial charge is 0.275 e. The molecule has 5 heteroatoms. The van der Waals surface area contributed by atoms with Gasteiger partial charge in [0.1, 0.15) is 11.5 Å². The normalized spacial score (nSPS) is 11.2. The second kappa shape index (κ2) is 7.43. The van der Waals surface area contributed by atoms with Crippen molar-refractivity contribution in [1.29, 1.82) is 0 Å². The molecule has 0 radical (unpaired) electrons. The Bertz CT molecular complexity index is 668. The van der Waals surface area contributed by atoms with Gasteiger partial charge in [-0.3, -0.25) is 4.79 Å². The number of benzene rings is 1. The maximum absolute atomic E-state index is 12.3. The lowest BCUT2D eigenvalue weighted by atomic mass is 9.87. The van der Waals surface area contributed by atoms with Crippen LogP contribution in [0.4, 0.5) is 11.5 Å². The molecule has 2 aromatic rings. The molecule has 1 heterocycles. The molecule has 1 aromatic carbocycles. The first-order valence-electron chi connectivity index (χ1n) is 8.34. The molecule has 0 saturated heterocycles. The number of anilines is 2. The molecule has 0 saturated carbocycles. The molecule has 0 fully saturated rings. The first-order valence-corrected chi connectivity index (χ1v) is 8.34. The van der Waals surface area contributed by atoms with E-state index in [0.29, 0.717) is 5.69 Å². The second-order valence-corrected chi connectivity index (χ2v) is 6.71. The monoisotopic (exact) mass is 326 g/mol. The average molecular weight is 326 g/mol. The van der Waals surface area contributed by atoms with Gasteiger partial charge in [0.15, 0.2) is 0 Å². The third kappa shape index (κ3) is 4.31. The van der Waals surface area contributed by atoms with E-state index in [4.69, 9.17) is 0 Å². The Labute approximate surface area is 144 Å². The standard InChI is InChI=1S/C19H26N4O/c1-6-23(7-2)17-13-20-16(12-21-17)18(24)22-15-10-8-14(9-11-15)19(3,4)5/h8-13H,6-7H2,1-5H3,(H,22,24). The van der Waals surface area contributed by atoms with E-state index < -0.39 is 0 Å². The number of amides is 1. The summed E-state index contributed by atoms with van der Waals surface area (Å²) in [4.78, 5) is 22.9. The summed E-state index contributed by atoms with van der Waals surface area (Å²) in [5, 5.41) is 2.86. The quantitative estimate of drug-likeness (QED) is 0.906. The summed E-state index contributed by atoms with van der Waals surface area (Å²) < 4.78 is 0. The molecule has 0 bridgehead atoms. The summed E-state index contributed by atoms with van der Waals surface area (Å²) in [5.74, 6) is 0.531. The Kier molecular flexibility index (Phi) is 5.54. The minimum atomic E-state index is -0.253. The molecular formula is C19H26N4O. The van der Waals surface area contributed by atoms with Crippen molar-refractivity contribution in [2.24, 2.45) is 0 Å². The topological polar surface area (TPSA) is 58.1 Å². The Morgan fingerprint density at radius 3 is 2.12 bits per heavy atom. The molecular weight excluding hydrogens is 300 g/mol. The number of hydrogen-bond acceptors (Lipinski definition) is 4. The van der Waals surface area contributed by atoms with Gasteiger partial charge in [0.25, 0.3) is 5.91 Å². The second-order valence-electron chi connectivity index (χ2n) is 6.71. The van der Waals surface area contributed by atoms with Gasteiger partial charge < -0.3 is 10.2 Å². The summed E-state index contributed by atoms with van der Waals surface area (Å²) in [6.07, 6.45) is 3.16. The van der Waals surface area contributed by atoms with Gasteiger partial charge in [-0.25, -0.2) is 9.97 Å². The van der Waals surface area contributed by atoms with Gasteiger partial charge in [0.2, 0.25) is 0 Å². The molecule has 0 aliphatic heterocycles. The van der Waals surface area contributed by atoms with E-state index in [0.717, 1.165) is 24.6 Å². The maximum atomic E-state index is 12.3. The van der Waals surface area contributed by atoms with Crippen LogP contribution in [0.2, 0.25) is 0 Å². The first-order chi connectivity index (χ1) is 11.3. The van der Waals surface area contributed by atoms with Gasteiger partial charge in [-0.1, -0.05) is 32.9 Å². The third-order valence-corrected chi connectivity index (χ3v) is 3.97. The van der Waals surface area contributed by atoms with Gasteiger partial charge in [-0.2, -0.15) is 0 Å². The zero-order chi connectivity index (χ0) is 17.7. The van der Waals surface area contributed by atoms with Crippen LogP contribution in [-0.4, -0.2) is 29.0 Å². The van der Waals surface area contributed by atoms with Crippen LogP contribution in [0.25, 0.3) is 0 Å². The highest BCUT2D eigenvalue weighted by Gasteiger charge is 2.14. The highest BCUT2D eigenvalue weighted by molar-refractivity contribution is 6.02. The molecule has 1 amide bonds. The SMILES string of the molecule is CCN(CC)c1cnc(C(=O)Nc2ccc(C(C)(C)C)cc2)cn1. The van der Waals surface area contributed by atoms with Crippen molar-refractivity contribution in [3.05, 3.63) is 47.9 Å². The maximum Gasteiger partial charge on any atom is 0.275 e. The minimum Gasteiger partial charge on any atom is -0.356 e. The lowest BCUT2D eigenvalue weighted by Crippen LogP contribution is -2.23. The zero-order valence-electron chi connectivity index (χ0n) is 15.1. The molecule has 0 aliphatic carbocycles. The zero-order valence-corrected chi connectivity index (χ0v) is 15.1. The minimum absolute atomic E-state index is 0.0915. The van der Waals surface area contributed by atoms with Crippen LogP contribution in [0, 0.1) is 0 Å². The number of aromatic nitrogens is 2. The van der Waals surface area contributed by atoms with E-state index in [9.17, 15) is 4.79 Å². The summed E-state index contributed by atoms with van der Waals surface area (Å²) >= 11 is 0. The van der Waals surface area contributed by atoms with Gasteiger partial charge in [-0.15, -0.1) is 0 Å². The summed E-state index contributed by atoms with van der Waals surface area (Å²) in [5.41, 5.74) is 2.38. The van der Waals surface area contributed by atoms with Gasteiger partial charge in [0.05, 0.1) is 12.4 Å². The van der Waals surface area contributed by atoms with Crippen LogP contribution in [0.1, 0.15) is 50.7 Å². The van der Waals surface area contributed by atoms with E-state index in [-0.39, 0.29) is 11.3 Å². The highest BCUT2D eigenvalue weighted by atomic mass is 16.1. The molecule has 128 valence electrons. The van der Waals surface area contributed by atoms with Crippen LogP contribution < -0.4 is 10.2 Å². The molecule has 5 nitrogen and oxygen atoms in total. The van der Waals surface area contributed by atoms with Gasteiger partial charge >= 0.3 is 0 Å². The lowest BCUT2D eigenvalue weighted by Gasteiger charge is -2.19. The van der Waals surface area contributed by atoms with E-state index in [1.165, 1.54) is 11.8 Å². The Morgan fingerprint density at radius 1 is 1.04 bits per heavy atom. The van der Waals surface area contributed by atoms with Crippen molar-refractivity contribution in [1.82, 2.24) is 9.97 Å². The third-order valence-electron chi connectivity index (χ3n) is 3.97. The fourth-order valence-corrected chi connectivity index (χ4v) is 2.40. The summed E-state index contributed by atoms with van der Waals surface area (Å²) in [6, 6.07) is 7.89. The molecule has 0 aliphatic rings. The highest BCUT2D eigenvalue weighted by Crippen LogP contribution is 2.23. The number of hydrogen-bond donors (Lipinski definition) is 1. The summed E-state index contributed by atoms with van der Waals surface area (Å²) in [7, 11) is 0. The lowest BCUT2D eigenvalue weighted by molar-refractivity contribution is 0.102. The fraction of sp³-hybridized carbons (Fsp3) is 0.421. The largest absolute Gasteiger partial charge is 0.356 e. The summed E-state index contributed by atoms with van der Waals surface area (Å²) in [6.45, 7) is 12.3. The van der Waals surface area contributed by atoms with Crippen LogP contribution in [0.5, 0.6) is 0 Å². The van der Waals surface area contributed by atoms with E-state index in [1.54, 1.807) is 6.20 Å². The number of nitrogens with zero attached hydrogens (tertiary/aromatic N) is 3. The molecule has 0 atom stereocenters. The molecule has 2 rings (SSSR count). The molecule has 1 aromatic heterocycles. The number of carbonyl (C=O) groups is 1. The number of carbonyl (C=O) groups excluding carboxylic acids is 1. The number of nitrogens with one attached hydrogen (secondary N) is 1. The van der Waals surface area contributed by atoms with Crippen molar-refractivity contribution in [3.8, 4) is 0 Å². The van der Waals surface area contributed by atoms with E-state index in [2.05, 4.69) is 54.8 Å². The molecule has 0 unspecified atom stereocenters. The van der Waals surface area contributed by atoms with Crippen LogP contribution in [0.15, 0.2) is 36.7 Å². The Morgan fingerprint density at radius 2 is 1.67 bits per heavy atom. The van der Waals surface area contributed by atoms with Crippen molar-refractivity contribution in [2.75, 3.05) is 23.3 Å². The van der Waals surface area contributed by atoms with E-state index >= 15 is 0 Å². The molecule has 0 spiro atoms. The van der Waals surface area contributed by atoms with Gasteiger partial charge in [0, 0.05) is 18.8 Å². The number of rotatable bonds is 5. The average Bonchev–Trinajstić information content (AvgIpc) is 2.56. The first kappa shape index (κ1) is 17.9. The fourth-order valence-electron chi connectivity index (χ4n) is 2.40. The predicted octanol–water partition coefficient (Wildman–Crippen LogP) is 3.87. The van der Waals surface area contributed by atoms with Crippen molar-refractivity contribution in [2.45, 2.75) is 40.0 Å². The molecule has 1 N–H and O–H groups in total. The Balaban J connectivity index is 2.07. The van der Waals surface area contributed by atoms with Crippen molar-refractivity contribution >= 4 is 17.4 Å². The van der Waals surface area contributed by atoms with E-state index in [1.807, 2.05) is 24.3 Å².